The Kier molecular flexibility index (Phi) is 8.05. The fourth-order valence-corrected chi connectivity index (χ4v) is 3.70. The number of aliphatic hydroxyl groups excluding tert-OH is 1. The van der Waals surface area contributed by atoms with Crippen LogP contribution in [0.3, 0.4) is 0 Å². The zero-order chi connectivity index (χ0) is 19.8. The second kappa shape index (κ2) is 10.7. The van der Waals surface area contributed by atoms with Crippen molar-refractivity contribution in [1.29, 1.82) is 0 Å². The van der Waals surface area contributed by atoms with Crippen LogP contribution < -0.4 is 14.8 Å². The first-order valence-electron chi connectivity index (χ1n) is 9.53. The average molecular weight is 408 g/mol. The smallest absolute Gasteiger partial charge is 0.161 e. The lowest BCUT2D eigenvalue weighted by atomic mass is 10.2. The Morgan fingerprint density at radius 3 is 2.82 bits per heavy atom. The van der Waals surface area contributed by atoms with Gasteiger partial charge in [0.1, 0.15) is 12.7 Å². The third-order valence-corrected chi connectivity index (χ3v) is 5.36. The highest BCUT2D eigenvalue weighted by Crippen LogP contribution is 2.28. The van der Waals surface area contributed by atoms with Gasteiger partial charge >= 0.3 is 0 Å². The highest BCUT2D eigenvalue weighted by atomic mass is 32.1. The summed E-state index contributed by atoms with van der Waals surface area (Å²) in [7, 11) is 1.63. The number of aromatic nitrogens is 1. The van der Waals surface area contributed by atoms with Crippen molar-refractivity contribution < 1.29 is 19.3 Å². The first-order valence-corrected chi connectivity index (χ1v) is 10.4. The molecule has 2 heterocycles. The Hall–Kier alpha value is -1.71. The number of benzene rings is 1. The minimum absolute atomic E-state index is 0.231. The van der Waals surface area contributed by atoms with Crippen molar-refractivity contribution in [2.45, 2.75) is 26.1 Å². The number of hydrogen-bond donors (Lipinski definition) is 2. The summed E-state index contributed by atoms with van der Waals surface area (Å²) in [5.41, 5.74) is 2.16. The van der Waals surface area contributed by atoms with Crippen LogP contribution in [0.25, 0.3) is 0 Å². The van der Waals surface area contributed by atoms with Gasteiger partial charge in [0.2, 0.25) is 0 Å². The third kappa shape index (κ3) is 6.42. The van der Waals surface area contributed by atoms with Gasteiger partial charge in [-0.05, 0) is 24.6 Å². The van der Waals surface area contributed by atoms with Crippen molar-refractivity contribution in [3.05, 3.63) is 39.8 Å². The summed E-state index contributed by atoms with van der Waals surface area (Å²) in [6.45, 7) is 7.42. The molecule has 1 aliphatic rings. The second-order valence-corrected chi connectivity index (χ2v) is 7.89. The summed E-state index contributed by atoms with van der Waals surface area (Å²) in [6, 6.07) is 5.86. The maximum absolute atomic E-state index is 10.2. The Balaban J connectivity index is 1.46. The number of aliphatic hydroxyl groups is 1. The van der Waals surface area contributed by atoms with Gasteiger partial charge in [0.15, 0.2) is 11.5 Å². The molecule has 7 nitrogen and oxygen atoms in total. The molecule has 0 saturated carbocycles. The van der Waals surface area contributed by atoms with E-state index < -0.39 is 6.10 Å². The molecule has 0 spiro atoms. The summed E-state index contributed by atoms with van der Waals surface area (Å²) in [5, 5.41) is 16.8. The molecular formula is C20H29N3O4S. The number of morpholine rings is 1. The van der Waals surface area contributed by atoms with Gasteiger partial charge in [-0.1, -0.05) is 6.07 Å². The average Bonchev–Trinajstić information content (AvgIpc) is 3.12. The molecule has 0 radical (unpaired) electrons. The van der Waals surface area contributed by atoms with Gasteiger partial charge in [-0.25, -0.2) is 4.98 Å². The lowest BCUT2D eigenvalue weighted by molar-refractivity contribution is 0.00445. The van der Waals surface area contributed by atoms with Crippen molar-refractivity contribution in [2.75, 3.05) is 46.6 Å². The van der Waals surface area contributed by atoms with E-state index in [0.717, 1.165) is 49.1 Å². The van der Waals surface area contributed by atoms with Crippen LogP contribution in [0.2, 0.25) is 0 Å². The van der Waals surface area contributed by atoms with E-state index in [0.29, 0.717) is 24.6 Å². The summed E-state index contributed by atoms with van der Waals surface area (Å²) < 4.78 is 16.6. The van der Waals surface area contributed by atoms with Crippen LogP contribution in [-0.4, -0.2) is 67.7 Å². The minimum Gasteiger partial charge on any atom is -0.493 e. The standard InChI is InChI=1S/C20H29N3O4S/c1-15-22-17(14-28-15)11-21-10-16-3-4-19(20(9-16)25-2)27-13-18(24)12-23-5-7-26-8-6-23/h3-4,9,14,18,21,24H,5-8,10-13H2,1-2H3/t18-/m0/s1. The largest absolute Gasteiger partial charge is 0.493 e. The molecule has 2 aromatic rings. The fourth-order valence-electron chi connectivity index (χ4n) is 3.09. The van der Waals surface area contributed by atoms with Crippen molar-refractivity contribution in [3.63, 3.8) is 0 Å². The van der Waals surface area contributed by atoms with Gasteiger partial charge in [-0.2, -0.15) is 0 Å². The van der Waals surface area contributed by atoms with E-state index in [2.05, 4.69) is 20.6 Å². The molecule has 0 amide bonds. The van der Waals surface area contributed by atoms with Gasteiger partial charge < -0.3 is 24.6 Å². The third-order valence-electron chi connectivity index (χ3n) is 4.53. The van der Waals surface area contributed by atoms with E-state index in [9.17, 15) is 5.11 Å². The van der Waals surface area contributed by atoms with Crippen LogP contribution in [-0.2, 0) is 17.8 Å². The highest BCUT2D eigenvalue weighted by Gasteiger charge is 2.16. The molecule has 1 aromatic carbocycles. The van der Waals surface area contributed by atoms with Gasteiger partial charge in [0.05, 0.1) is 31.0 Å². The number of nitrogens with zero attached hydrogens (tertiary/aromatic N) is 2. The molecule has 1 aromatic heterocycles. The van der Waals surface area contributed by atoms with Crippen molar-refractivity contribution in [3.8, 4) is 11.5 Å². The van der Waals surface area contributed by atoms with E-state index in [-0.39, 0.29) is 6.61 Å². The van der Waals surface area contributed by atoms with Crippen LogP contribution >= 0.6 is 11.3 Å². The number of rotatable bonds is 10. The molecule has 1 aliphatic heterocycles. The number of nitrogens with one attached hydrogen (secondary N) is 1. The van der Waals surface area contributed by atoms with E-state index in [1.165, 1.54) is 0 Å². The number of methoxy groups -OCH3 is 1. The van der Waals surface area contributed by atoms with Crippen LogP contribution in [0.5, 0.6) is 11.5 Å². The summed E-state index contributed by atoms with van der Waals surface area (Å²) in [6.07, 6.45) is -0.550. The molecular weight excluding hydrogens is 378 g/mol. The van der Waals surface area contributed by atoms with Gasteiger partial charge in [-0.15, -0.1) is 11.3 Å². The van der Waals surface area contributed by atoms with Crippen LogP contribution in [0.4, 0.5) is 0 Å². The predicted molar refractivity (Wildman–Crippen MR) is 109 cm³/mol. The minimum atomic E-state index is -0.550. The second-order valence-electron chi connectivity index (χ2n) is 6.82. The fraction of sp³-hybridized carbons (Fsp3) is 0.550. The molecule has 0 aliphatic carbocycles. The molecule has 1 atom stereocenters. The topological polar surface area (TPSA) is 76.1 Å². The number of hydrogen-bond acceptors (Lipinski definition) is 8. The van der Waals surface area contributed by atoms with Crippen molar-refractivity contribution >= 4 is 11.3 Å². The lowest BCUT2D eigenvalue weighted by Gasteiger charge is -2.28. The van der Waals surface area contributed by atoms with Crippen LogP contribution in [0, 0.1) is 6.92 Å². The van der Waals surface area contributed by atoms with Crippen LogP contribution in [0.1, 0.15) is 16.3 Å². The Bertz CT molecular complexity index is 734. The zero-order valence-corrected chi connectivity index (χ0v) is 17.3. The van der Waals surface area contributed by atoms with E-state index in [4.69, 9.17) is 14.2 Å². The summed E-state index contributed by atoms with van der Waals surface area (Å²) >= 11 is 1.66. The van der Waals surface area contributed by atoms with Gasteiger partial charge in [-0.3, -0.25) is 4.90 Å². The molecule has 28 heavy (non-hydrogen) atoms. The van der Waals surface area contributed by atoms with Gasteiger partial charge in [0, 0.05) is 38.1 Å². The maximum Gasteiger partial charge on any atom is 0.161 e. The Labute approximate surface area is 170 Å². The molecule has 8 heteroatoms. The molecule has 1 saturated heterocycles. The molecule has 154 valence electrons. The summed E-state index contributed by atoms with van der Waals surface area (Å²) in [5.74, 6) is 1.31. The molecule has 2 N–H and O–H groups in total. The molecule has 1 fully saturated rings. The normalized spacial score (nSPS) is 16.1. The van der Waals surface area contributed by atoms with E-state index in [1.807, 2.05) is 25.1 Å². The highest BCUT2D eigenvalue weighted by molar-refractivity contribution is 7.09. The monoisotopic (exact) mass is 407 g/mol. The number of β-amino-alcohol motifs (C(OH)–C–C–N with tert-alkyl or cyclic N) is 1. The van der Waals surface area contributed by atoms with E-state index in [1.54, 1.807) is 18.4 Å². The molecule has 0 unspecified atom stereocenters. The van der Waals surface area contributed by atoms with E-state index >= 15 is 0 Å². The first-order chi connectivity index (χ1) is 13.6. The lowest BCUT2D eigenvalue weighted by Crippen LogP contribution is -2.42. The van der Waals surface area contributed by atoms with Crippen molar-refractivity contribution in [2.24, 2.45) is 0 Å². The zero-order valence-electron chi connectivity index (χ0n) is 16.5. The first kappa shape index (κ1) is 21.0. The predicted octanol–water partition coefficient (Wildman–Crippen LogP) is 1.82. The van der Waals surface area contributed by atoms with Crippen LogP contribution in [0.15, 0.2) is 23.6 Å². The number of aryl methyl sites for hydroxylation is 1. The summed E-state index contributed by atoms with van der Waals surface area (Å²) in [4.78, 5) is 6.64. The maximum atomic E-state index is 10.2. The molecule has 3 rings (SSSR count). The Morgan fingerprint density at radius 1 is 1.29 bits per heavy atom. The molecule has 0 bridgehead atoms. The number of ether oxygens (including phenoxy) is 3. The van der Waals surface area contributed by atoms with Gasteiger partial charge in [0.25, 0.3) is 0 Å². The quantitative estimate of drug-likeness (QED) is 0.622. The SMILES string of the molecule is COc1cc(CNCc2csc(C)n2)ccc1OC[C@@H](O)CN1CCOCC1. The Morgan fingerprint density at radius 2 is 2.11 bits per heavy atom. The number of thiazole rings is 1. The van der Waals surface area contributed by atoms with Crippen molar-refractivity contribution in [1.82, 2.24) is 15.2 Å².